The monoisotopic (exact) mass is 311 g/mol. The topological polar surface area (TPSA) is 73.2 Å². The van der Waals surface area contributed by atoms with Crippen LogP contribution in [0.15, 0.2) is 36.9 Å². The van der Waals surface area contributed by atoms with Crippen LogP contribution in [0, 0.1) is 16.7 Å². The second kappa shape index (κ2) is 7.10. The Kier molecular flexibility index (Phi) is 5.17. The van der Waals surface area contributed by atoms with Crippen LogP contribution in [0.4, 0.5) is 5.69 Å². The van der Waals surface area contributed by atoms with E-state index in [9.17, 15) is 14.9 Å². The third kappa shape index (κ3) is 4.19. The number of carbonyl (C=O) groups is 2. The number of carbonyl (C=O) groups excluding carboxylic acids is 2. The first-order valence-corrected chi connectivity index (χ1v) is 7.68. The molecule has 0 aliphatic carbocycles. The first kappa shape index (κ1) is 16.8. The number of hydrogen-bond donors (Lipinski definition) is 1. The number of likely N-dealkylation sites (tertiary alicyclic amines) is 1. The fourth-order valence-electron chi connectivity index (χ4n) is 2.80. The van der Waals surface area contributed by atoms with Crippen molar-refractivity contribution in [1.82, 2.24) is 4.90 Å². The maximum atomic E-state index is 12.6. The number of nitrogens with zero attached hydrogens (tertiary/aromatic N) is 2. The third-order valence-electron chi connectivity index (χ3n) is 4.12. The van der Waals surface area contributed by atoms with Crippen LogP contribution in [-0.4, -0.2) is 29.8 Å². The van der Waals surface area contributed by atoms with Gasteiger partial charge in [0.2, 0.25) is 11.8 Å². The van der Waals surface area contributed by atoms with E-state index in [0.717, 1.165) is 18.4 Å². The van der Waals surface area contributed by atoms with Crippen molar-refractivity contribution in [2.75, 3.05) is 18.4 Å². The molecule has 0 saturated carbocycles. The number of hydrogen-bond acceptors (Lipinski definition) is 3. The summed E-state index contributed by atoms with van der Waals surface area (Å²) in [5, 5.41) is 12.0. The first-order chi connectivity index (χ1) is 11.0. The number of nitrogens with one attached hydrogen (secondary N) is 1. The zero-order valence-electron chi connectivity index (χ0n) is 13.3. The van der Waals surface area contributed by atoms with Crippen LogP contribution in [-0.2, 0) is 16.0 Å². The van der Waals surface area contributed by atoms with Crippen molar-refractivity contribution < 1.29 is 9.59 Å². The lowest BCUT2D eigenvalue weighted by Gasteiger charge is -2.36. The predicted octanol–water partition coefficient (Wildman–Crippen LogP) is 2.51. The summed E-state index contributed by atoms with van der Waals surface area (Å²) in [6.07, 6.45) is 3.06. The van der Waals surface area contributed by atoms with Gasteiger partial charge in [-0.25, -0.2) is 0 Å². The van der Waals surface area contributed by atoms with Crippen LogP contribution in [0.25, 0.3) is 0 Å². The Bertz CT molecular complexity index is 662. The van der Waals surface area contributed by atoms with Gasteiger partial charge in [0, 0.05) is 18.8 Å². The molecule has 1 N–H and O–H groups in total. The van der Waals surface area contributed by atoms with E-state index in [1.807, 2.05) is 19.1 Å². The van der Waals surface area contributed by atoms with E-state index in [-0.39, 0.29) is 18.2 Å². The van der Waals surface area contributed by atoms with Crippen molar-refractivity contribution >= 4 is 17.5 Å². The average molecular weight is 311 g/mol. The number of rotatable bonds is 4. The van der Waals surface area contributed by atoms with Crippen molar-refractivity contribution in [3.05, 3.63) is 42.5 Å². The average Bonchev–Trinajstić information content (AvgIpc) is 2.56. The van der Waals surface area contributed by atoms with E-state index in [4.69, 9.17) is 0 Å². The highest BCUT2D eigenvalue weighted by molar-refractivity contribution is 5.99. The lowest BCUT2D eigenvalue weighted by atomic mass is 9.83. The molecule has 5 heteroatoms. The summed E-state index contributed by atoms with van der Waals surface area (Å²) in [4.78, 5) is 25.8. The Morgan fingerprint density at radius 1 is 1.48 bits per heavy atom. The second-order valence-electron chi connectivity index (χ2n) is 6.12. The number of anilines is 1. The van der Waals surface area contributed by atoms with Crippen molar-refractivity contribution in [2.24, 2.45) is 5.41 Å². The van der Waals surface area contributed by atoms with E-state index in [0.29, 0.717) is 18.8 Å². The molecule has 0 radical (unpaired) electrons. The minimum absolute atomic E-state index is 0.0218. The van der Waals surface area contributed by atoms with Crippen molar-refractivity contribution in [3.8, 4) is 6.07 Å². The van der Waals surface area contributed by atoms with Crippen LogP contribution >= 0.6 is 0 Å². The first-order valence-electron chi connectivity index (χ1n) is 7.68. The molecule has 1 saturated heterocycles. The van der Waals surface area contributed by atoms with Gasteiger partial charge in [0.25, 0.3) is 0 Å². The quantitative estimate of drug-likeness (QED) is 0.868. The van der Waals surface area contributed by atoms with Gasteiger partial charge in [0.05, 0.1) is 17.9 Å². The van der Waals surface area contributed by atoms with Crippen LogP contribution in [0.2, 0.25) is 0 Å². The maximum Gasteiger partial charge on any atom is 0.247 e. The number of piperidine rings is 1. The smallest absolute Gasteiger partial charge is 0.247 e. The van der Waals surface area contributed by atoms with E-state index in [1.165, 1.54) is 6.08 Å². The molecule has 1 unspecified atom stereocenters. The second-order valence-corrected chi connectivity index (χ2v) is 6.12. The molecule has 1 aromatic carbocycles. The van der Waals surface area contributed by atoms with Gasteiger partial charge in [-0.05, 0) is 37.5 Å². The number of amides is 2. The zero-order valence-corrected chi connectivity index (χ0v) is 13.3. The molecule has 5 nitrogen and oxygen atoms in total. The van der Waals surface area contributed by atoms with Crippen molar-refractivity contribution in [1.29, 1.82) is 5.26 Å². The van der Waals surface area contributed by atoms with Gasteiger partial charge in [0.15, 0.2) is 0 Å². The lowest BCUT2D eigenvalue weighted by molar-refractivity contribution is -0.133. The summed E-state index contributed by atoms with van der Waals surface area (Å²) in [5.41, 5.74) is 0.910. The molecule has 120 valence electrons. The van der Waals surface area contributed by atoms with Crippen LogP contribution in [0.1, 0.15) is 25.3 Å². The fraction of sp³-hybridized carbons (Fsp3) is 0.389. The van der Waals surface area contributed by atoms with E-state index >= 15 is 0 Å². The molecule has 0 spiro atoms. The molecule has 0 bridgehead atoms. The van der Waals surface area contributed by atoms with Crippen LogP contribution in [0.3, 0.4) is 0 Å². The van der Waals surface area contributed by atoms with E-state index in [1.54, 1.807) is 17.0 Å². The minimum Gasteiger partial charge on any atom is -0.341 e. The van der Waals surface area contributed by atoms with Gasteiger partial charge in [-0.15, -0.1) is 0 Å². The molecular weight excluding hydrogens is 290 g/mol. The van der Waals surface area contributed by atoms with Gasteiger partial charge >= 0.3 is 0 Å². The van der Waals surface area contributed by atoms with Crippen molar-refractivity contribution in [2.45, 2.75) is 26.2 Å². The fourth-order valence-corrected chi connectivity index (χ4v) is 2.80. The minimum atomic E-state index is -0.468. The van der Waals surface area contributed by atoms with Gasteiger partial charge in [-0.2, -0.15) is 5.26 Å². The van der Waals surface area contributed by atoms with Crippen LogP contribution in [0.5, 0.6) is 0 Å². The summed E-state index contributed by atoms with van der Waals surface area (Å²) in [7, 11) is 0. The van der Waals surface area contributed by atoms with Crippen molar-refractivity contribution in [3.63, 3.8) is 0 Å². The highest BCUT2D eigenvalue weighted by Crippen LogP contribution is 2.29. The van der Waals surface area contributed by atoms with Gasteiger partial charge < -0.3 is 10.2 Å². The number of nitriles is 1. The Morgan fingerprint density at radius 2 is 2.22 bits per heavy atom. The highest BCUT2D eigenvalue weighted by atomic mass is 16.2. The predicted molar refractivity (Wildman–Crippen MR) is 88.5 cm³/mol. The summed E-state index contributed by atoms with van der Waals surface area (Å²) in [6, 6.07) is 9.54. The molecule has 23 heavy (non-hydrogen) atoms. The molecule has 1 aromatic rings. The third-order valence-corrected chi connectivity index (χ3v) is 4.12. The SMILES string of the molecule is C=CC(=O)Nc1ccccc1CC(=O)N1CCCC(C)(C#N)C1. The van der Waals surface area contributed by atoms with E-state index < -0.39 is 5.41 Å². The Hall–Kier alpha value is -2.61. The number of benzene rings is 1. The Morgan fingerprint density at radius 3 is 2.91 bits per heavy atom. The summed E-state index contributed by atoms with van der Waals surface area (Å²) >= 11 is 0. The molecule has 1 atom stereocenters. The zero-order chi connectivity index (χ0) is 16.9. The molecule has 1 aliphatic heterocycles. The molecule has 1 aliphatic rings. The molecule has 2 amide bonds. The normalized spacial score (nSPS) is 20.4. The largest absolute Gasteiger partial charge is 0.341 e. The molecule has 1 heterocycles. The molecule has 0 aromatic heterocycles. The lowest BCUT2D eigenvalue weighted by Crippen LogP contribution is -2.44. The summed E-state index contributed by atoms with van der Waals surface area (Å²) < 4.78 is 0. The summed E-state index contributed by atoms with van der Waals surface area (Å²) in [6.45, 7) is 6.46. The Labute approximate surface area is 136 Å². The van der Waals surface area contributed by atoms with Crippen LogP contribution < -0.4 is 5.32 Å². The molecular formula is C18H21N3O2. The van der Waals surface area contributed by atoms with Gasteiger partial charge in [-0.1, -0.05) is 24.8 Å². The van der Waals surface area contributed by atoms with Gasteiger partial charge in [0.1, 0.15) is 0 Å². The highest BCUT2D eigenvalue weighted by Gasteiger charge is 2.33. The maximum absolute atomic E-state index is 12.6. The van der Waals surface area contributed by atoms with E-state index in [2.05, 4.69) is 18.0 Å². The van der Waals surface area contributed by atoms with Gasteiger partial charge in [-0.3, -0.25) is 9.59 Å². The standard InChI is InChI=1S/C18H21N3O2/c1-3-16(22)20-15-8-5-4-7-14(15)11-17(23)21-10-6-9-18(2,12-19)13-21/h3-5,7-8H,1,6,9-11,13H2,2H3,(H,20,22). The Balaban J connectivity index is 2.10. The molecule has 2 rings (SSSR count). The summed E-state index contributed by atoms with van der Waals surface area (Å²) in [5.74, 6) is -0.327. The molecule has 1 fully saturated rings. The number of para-hydroxylation sites is 1.